The summed E-state index contributed by atoms with van der Waals surface area (Å²) in [5.74, 6) is -0.989. The molecule has 1 rings (SSSR count). The molecular weight excluding hydrogens is 234 g/mol. The van der Waals surface area contributed by atoms with Crippen LogP contribution in [0.4, 0.5) is 0 Å². The van der Waals surface area contributed by atoms with Gasteiger partial charge in [0.05, 0.1) is 6.42 Å². The van der Waals surface area contributed by atoms with Gasteiger partial charge in [0.1, 0.15) is 17.0 Å². The predicted molar refractivity (Wildman–Crippen MR) is 65.3 cm³/mol. The first-order valence-electron chi connectivity index (χ1n) is 5.68. The molecule has 0 bridgehead atoms. The van der Waals surface area contributed by atoms with Gasteiger partial charge in [0, 0.05) is 12.6 Å². The van der Waals surface area contributed by atoms with E-state index in [0.717, 1.165) is 0 Å². The van der Waals surface area contributed by atoms with E-state index in [1.807, 2.05) is 0 Å². The molecule has 5 nitrogen and oxygen atoms in total. The maximum atomic E-state index is 11.7. The summed E-state index contributed by atoms with van der Waals surface area (Å²) in [7, 11) is 0. The van der Waals surface area contributed by atoms with E-state index in [1.54, 1.807) is 20.8 Å². The van der Waals surface area contributed by atoms with Crippen molar-refractivity contribution in [2.75, 3.05) is 0 Å². The molecule has 1 heterocycles. The van der Waals surface area contributed by atoms with Crippen molar-refractivity contribution in [2.45, 2.75) is 39.2 Å². The molecule has 0 atom stereocenters. The van der Waals surface area contributed by atoms with E-state index in [4.69, 9.17) is 4.74 Å². The highest BCUT2D eigenvalue weighted by molar-refractivity contribution is 5.97. The fraction of sp³-hybridized carbons (Fsp3) is 0.462. The Morgan fingerprint density at radius 1 is 1.33 bits per heavy atom. The number of pyridine rings is 1. The Kier molecular flexibility index (Phi) is 4.42. The molecule has 1 aromatic heterocycles. The Morgan fingerprint density at radius 2 is 2.00 bits per heavy atom. The third kappa shape index (κ3) is 4.53. The average molecular weight is 251 g/mol. The average Bonchev–Trinajstić information content (AvgIpc) is 2.24. The molecule has 1 N–H and O–H groups in total. The Bertz CT molecular complexity index is 449. The van der Waals surface area contributed by atoms with Gasteiger partial charge in [-0.2, -0.15) is 0 Å². The maximum absolute atomic E-state index is 11.7. The van der Waals surface area contributed by atoms with E-state index in [9.17, 15) is 14.7 Å². The van der Waals surface area contributed by atoms with Crippen molar-refractivity contribution in [3.63, 3.8) is 0 Å². The van der Waals surface area contributed by atoms with E-state index >= 15 is 0 Å². The number of rotatable bonds is 4. The van der Waals surface area contributed by atoms with Gasteiger partial charge >= 0.3 is 5.97 Å². The molecule has 0 aliphatic heterocycles. The first-order valence-corrected chi connectivity index (χ1v) is 5.68. The van der Waals surface area contributed by atoms with Gasteiger partial charge < -0.3 is 9.84 Å². The minimum Gasteiger partial charge on any atom is -0.506 e. The highest BCUT2D eigenvalue weighted by Crippen LogP contribution is 2.16. The molecule has 5 heteroatoms. The standard InChI is InChI=1S/C13H17NO4/c1-13(2,3)18-11(17)7-6-10(16)12-9(15)5-4-8-14-12/h4-5,8,15H,6-7H2,1-3H3. The monoisotopic (exact) mass is 251 g/mol. The number of ketones is 1. The number of aromatic nitrogens is 1. The van der Waals surface area contributed by atoms with Gasteiger partial charge in [0.2, 0.25) is 0 Å². The van der Waals surface area contributed by atoms with Gasteiger partial charge in [-0.1, -0.05) is 0 Å². The summed E-state index contributed by atoms with van der Waals surface area (Å²) in [4.78, 5) is 26.9. The molecule has 0 saturated carbocycles. The summed E-state index contributed by atoms with van der Waals surface area (Å²) in [6, 6.07) is 2.91. The Balaban J connectivity index is 2.52. The normalized spacial score (nSPS) is 11.1. The van der Waals surface area contributed by atoms with Crippen molar-refractivity contribution in [3.8, 4) is 5.75 Å². The van der Waals surface area contributed by atoms with Crippen molar-refractivity contribution in [1.29, 1.82) is 0 Å². The quantitative estimate of drug-likeness (QED) is 0.655. The van der Waals surface area contributed by atoms with Crippen molar-refractivity contribution in [3.05, 3.63) is 24.0 Å². The highest BCUT2D eigenvalue weighted by atomic mass is 16.6. The largest absolute Gasteiger partial charge is 0.506 e. The van der Waals surface area contributed by atoms with E-state index in [1.165, 1.54) is 18.3 Å². The third-order valence-corrected chi connectivity index (χ3v) is 2.03. The topological polar surface area (TPSA) is 76.5 Å². The van der Waals surface area contributed by atoms with Crippen LogP contribution in [-0.2, 0) is 9.53 Å². The van der Waals surface area contributed by atoms with Crippen LogP contribution in [0, 0.1) is 0 Å². The predicted octanol–water partition coefficient (Wildman–Crippen LogP) is 2.09. The van der Waals surface area contributed by atoms with Gasteiger partial charge in [-0.15, -0.1) is 0 Å². The number of nitrogens with zero attached hydrogens (tertiary/aromatic N) is 1. The Morgan fingerprint density at radius 3 is 2.56 bits per heavy atom. The fourth-order valence-corrected chi connectivity index (χ4v) is 1.34. The number of aromatic hydroxyl groups is 1. The minimum atomic E-state index is -0.562. The zero-order chi connectivity index (χ0) is 13.8. The summed E-state index contributed by atoms with van der Waals surface area (Å²) in [6.45, 7) is 5.28. The molecule has 1 aromatic rings. The van der Waals surface area contributed by atoms with Crippen LogP contribution in [-0.4, -0.2) is 27.4 Å². The molecule has 0 unspecified atom stereocenters. The number of ether oxygens (including phenoxy) is 1. The van der Waals surface area contributed by atoms with Gasteiger partial charge in [0.15, 0.2) is 5.78 Å². The summed E-state index contributed by atoms with van der Waals surface area (Å²) >= 11 is 0. The van der Waals surface area contributed by atoms with Crippen molar-refractivity contribution >= 4 is 11.8 Å². The number of esters is 1. The Hall–Kier alpha value is -1.91. The number of hydrogen-bond donors (Lipinski definition) is 1. The second-order valence-corrected chi connectivity index (χ2v) is 4.88. The molecule has 0 spiro atoms. The molecule has 0 aromatic carbocycles. The lowest BCUT2D eigenvalue weighted by molar-refractivity contribution is -0.154. The molecule has 0 aliphatic carbocycles. The molecule has 0 aliphatic rings. The van der Waals surface area contributed by atoms with Crippen molar-refractivity contribution in [2.24, 2.45) is 0 Å². The molecular formula is C13H17NO4. The molecule has 0 radical (unpaired) electrons. The zero-order valence-corrected chi connectivity index (χ0v) is 10.8. The van der Waals surface area contributed by atoms with Crippen LogP contribution in [0.2, 0.25) is 0 Å². The minimum absolute atomic E-state index is 0.0129. The summed E-state index contributed by atoms with van der Waals surface area (Å²) in [6.07, 6.45) is 1.37. The van der Waals surface area contributed by atoms with Crippen molar-refractivity contribution in [1.82, 2.24) is 4.98 Å². The molecule has 0 fully saturated rings. The van der Waals surface area contributed by atoms with E-state index in [0.29, 0.717) is 0 Å². The summed E-state index contributed by atoms with van der Waals surface area (Å²) in [5.41, 5.74) is -0.575. The maximum Gasteiger partial charge on any atom is 0.306 e. The molecule has 18 heavy (non-hydrogen) atoms. The van der Waals surface area contributed by atoms with Crippen LogP contribution in [0.15, 0.2) is 18.3 Å². The van der Waals surface area contributed by atoms with Crippen LogP contribution < -0.4 is 0 Å². The SMILES string of the molecule is CC(C)(C)OC(=O)CCC(=O)c1ncccc1O. The third-order valence-electron chi connectivity index (χ3n) is 2.03. The zero-order valence-electron chi connectivity index (χ0n) is 10.8. The highest BCUT2D eigenvalue weighted by Gasteiger charge is 2.19. The lowest BCUT2D eigenvalue weighted by Crippen LogP contribution is -2.24. The molecule has 98 valence electrons. The smallest absolute Gasteiger partial charge is 0.306 e. The second kappa shape index (κ2) is 5.62. The van der Waals surface area contributed by atoms with Gasteiger partial charge in [0.25, 0.3) is 0 Å². The van der Waals surface area contributed by atoms with Crippen molar-refractivity contribution < 1.29 is 19.4 Å². The van der Waals surface area contributed by atoms with E-state index in [2.05, 4.69) is 4.98 Å². The number of Topliss-reactive ketones (excluding diaryl/α,β-unsaturated/α-hetero) is 1. The first-order chi connectivity index (χ1) is 8.29. The summed E-state index contributed by atoms with van der Waals surface area (Å²) in [5, 5.41) is 9.43. The summed E-state index contributed by atoms with van der Waals surface area (Å²) < 4.78 is 5.08. The van der Waals surface area contributed by atoms with E-state index < -0.39 is 11.6 Å². The second-order valence-electron chi connectivity index (χ2n) is 4.88. The fourth-order valence-electron chi connectivity index (χ4n) is 1.34. The lowest BCUT2D eigenvalue weighted by Gasteiger charge is -2.19. The molecule has 0 amide bonds. The molecule has 0 saturated heterocycles. The van der Waals surface area contributed by atoms with E-state index in [-0.39, 0.29) is 30.1 Å². The van der Waals surface area contributed by atoms with Gasteiger partial charge in [-0.05, 0) is 32.9 Å². The van der Waals surface area contributed by atoms with Crippen LogP contribution in [0.25, 0.3) is 0 Å². The van der Waals surface area contributed by atoms with Crippen LogP contribution in [0.3, 0.4) is 0 Å². The van der Waals surface area contributed by atoms with Gasteiger partial charge in [-0.25, -0.2) is 4.98 Å². The van der Waals surface area contributed by atoms with Gasteiger partial charge in [-0.3, -0.25) is 9.59 Å². The number of carbonyl (C=O) groups is 2. The van der Waals surface area contributed by atoms with Crippen LogP contribution >= 0.6 is 0 Å². The first kappa shape index (κ1) is 14.2. The van der Waals surface area contributed by atoms with Crippen LogP contribution in [0.5, 0.6) is 5.75 Å². The van der Waals surface area contributed by atoms with Crippen LogP contribution in [0.1, 0.15) is 44.1 Å². The lowest BCUT2D eigenvalue weighted by atomic mass is 10.1. The number of hydrogen-bond acceptors (Lipinski definition) is 5. The Labute approximate surface area is 106 Å². The number of carbonyl (C=O) groups excluding carboxylic acids is 2.